The van der Waals surface area contributed by atoms with E-state index in [4.69, 9.17) is 9.47 Å². The van der Waals surface area contributed by atoms with Crippen molar-refractivity contribution in [3.05, 3.63) is 174 Å². The summed E-state index contributed by atoms with van der Waals surface area (Å²) in [6.45, 7) is 1.68. The molecule has 7 aromatic carbocycles. The third-order valence-electron chi connectivity index (χ3n) is 9.38. The van der Waals surface area contributed by atoms with E-state index in [2.05, 4.69) is 0 Å². The first-order chi connectivity index (χ1) is 25.3. The van der Waals surface area contributed by atoms with Crippen LogP contribution in [-0.2, 0) is 0 Å². The molecular weight excluding hydrogens is 663 g/mol. The van der Waals surface area contributed by atoms with E-state index in [9.17, 15) is 17.6 Å². The molecule has 2 aliphatic heterocycles. The zero-order chi connectivity index (χ0) is 35.5. The van der Waals surface area contributed by atoms with Gasteiger partial charge in [-0.2, -0.15) is 0 Å². The van der Waals surface area contributed by atoms with Gasteiger partial charge in [-0.15, -0.1) is 0 Å². The number of benzene rings is 7. The van der Waals surface area contributed by atoms with Gasteiger partial charge in [0.2, 0.25) is 0 Å². The SMILES string of the molecule is Cc1cc2c3c(c1)Oc1cc(N(c4cccc(F)c4)c4cccc(F)c4)ccc1B3c1ccc(N(c3cccc(F)c3)c3cccc(F)c3)cc1O2. The summed E-state index contributed by atoms with van der Waals surface area (Å²) in [6.07, 6.45) is 0. The fourth-order valence-electron chi connectivity index (χ4n) is 7.23. The lowest BCUT2D eigenvalue weighted by molar-refractivity contribution is 0.464. The molecule has 252 valence electrons. The van der Waals surface area contributed by atoms with Gasteiger partial charge in [0.15, 0.2) is 0 Å². The van der Waals surface area contributed by atoms with E-state index < -0.39 is 23.3 Å². The van der Waals surface area contributed by atoms with Gasteiger partial charge in [-0.25, -0.2) is 17.6 Å². The number of ether oxygens (including phenoxy) is 2. The fraction of sp³-hybridized carbons (Fsp3) is 0.0233. The third kappa shape index (κ3) is 5.51. The number of anilines is 6. The highest BCUT2D eigenvalue weighted by atomic mass is 19.1. The molecule has 0 saturated heterocycles. The zero-order valence-corrected chi connectivity index (χ0v) is 27.7. The molecule has 0 unspecified atom stereocenters. The lowest BCUT2D eigenvalue weighted by atomic mass is 9.35. The monoisotopic (exact) mass is 690 g/mol. The number of nitrogens with zero attached hydrogens (tertiary/aromatic N) is 2. The summed E-state index contributed by atoms with van der Waals surface area (Å²) in [5.41, 5.74) is 6.93. The summed E-state index contributed by atoms with van der Waals surface area (Å²) in [4.78, 5) is 3.56. The lowest BCUT2D eigenvalue weighted by Gasteiger charge is -2.35. The summed E-state index contributed by atoms with van der Waals surface area (Å²) in [6, 6.07) is 40.1. The van der Waals surface area contributed by atoms with Crippen LogP contribution in [0.3, 0.4) is 0 Å². The van der Waals surface area contributed by atoms with Crippen molar-refractivity contribution in [2.45, 2.75) is 6.92 Å². The Labute approximate surface area is 297 Å². The van der Waals surface area contributed by atoms with Gasteiger partial charge in [-0.05, 0) is 120 Å². The second kappa shape index (κ2) is 12.4. The molecule has 0 radical (unpaired) electrons. The number of hydrogen-bond acceptors (Lipinski definition) is 4. The van der Waals surface area contributed by atoms with Crippen molar-refractivity contribution in [2.75, 3.05) is 9.80 Å². The second-order valence-corrected chi connectivity index (χ2v) is 12.8. The maximum Gasteiger partial charge on any atom is 0.260 e. The summed E-state index contributed by atoms with van der Waals surface area (Å²) < 4.78 is 71.3. The Balaban J connectivity index is 1.19. The van der Waals surface area contributed by atoms with Crippen molar-refractivity contribution in [3.8, 4) is 23.0 Å². The van der Waals surface area contributed by atoms with Crippen LogP contribution in [-0.4, -0.2) is 6.71 Å². The zero-order valence-electron chi connectivity index (χ0n) is 27.7. The van der Waals surface area contributed by atoms with Gasteiger partial charge in [0.25, 0.3) is 6.71 Å². The van der Waals surface area contributed by atoms with Crippen molar-refractivity contribution >= 4 is 57.2 Å². The van der Waals surface area contributed by atoms with Crippen LogP contribution < -0.4 is 35.7 Å². The van der Waals surface area contributed by atoms with Crippen LogP contribution in [0.5, 0.6) is 23.0 Å². The van der Waals surface area contributed by atoms with E-state index in [1.165, 1.54) is 48.5 Å². The van der Waals surface area contributed by atoms with Crippen LogP contribution >= 0.6 is 0 Å². The topological polar surface area (TPSA) is 24.9 Å². The predicted molar refractivity (Wildman–Crippen MR) is 198 cm³/mol. The average Bonchev–Trinajstić information content (AvgIpc) is 3.11. The molecule has 0 bridgehead atoms. The van der Waals surface area contributed by atoms with Crippen molar-refractivity contribution in [1.82, 2.24) is 0 Å². The number of halogens is 4. The lowest BCUT2D eigenvalue weighted by Crippen LogP contribution is -2.57. The molecule has 7 aromatic rings. The van der Waals surface area contributed by atoms with Gasteiger partial charge < -0.3 is 19.3 Å². The second-order valence-electron chi connectivity index (χ2n) is 12.8. The van der Waals surface area contributed by atoms with Crippen molar-refractivity contribution < 1.29 is 27.0 Å². The number of aryl methyl sites for hydroxylation is 1. The summed E-state index contributed by atoms with van der Waals surface area (Å²) >= 11 is 0. The van der Waals surface area contributed by atoms with Crippen LogP contribution in [0, 0.1) is 30.2 Å². The maximum absolute atomic E-state index is 14.5. The standard InChI is InChI=1S/C43H27BF4N2O2/c1-26-18-41-43-42(19-26)52-40-25-36(50(33-12-4-8-29(47)22-33)34-13-5-9-30(48)23-34)15-17-38(40)44(43)37-16-14-35(24-39(37)51-41)49(31-10-2-6-27(45)20-31)32-11-3-7-28(46)21-32/h2-25H,1H3. The van der Waals surface area contributed by atoms with Crippen molar-refractivity contribution in [3.63, 3.8) is 0 Å². The maximum atomic E-state index is 14.5. The Morgan fingerprint density at radius 1 is 0.404 bits per heavy atom. The Bertz CT molecular complexity index is 2280. The van der Waals surface area contributed by atoms with Crippen LogP contribution in [0.25, 0.3) is 0 Å². The highest BCUT2D eigenvalue weighted by molar-refractivity contribution is 6.98. The van der Waals surface area contributed by atoms with Gasteiger partial charge >= 0.3 is 0 Å². The van der Waals surface area contributed by atoms with Gasteiger partial charge in [0.05, 0.1) is 0 Å². The van der Waals surface area contributed by atoms with Crippen LogP contribution in [0.1, 0.15) is 5.56 Å². The minimum Gasteiger partial charge on any atom is -0.458 e. The van der Waals surface area contributed by atoms with Gasteiger partial charge in [-0.1, -0.05) is 36.4 Å². The fourth-order valence-corrected chi connectivity index (χ4v) is 7.23. The molecule has 9 rings (SSSR count). The molecule has 4 nitrogen and oxygen atoms in total. The molecule has 9 heteroatoms. The van der Waals surface area contributed by atoms with E-state index in [1.54, 1.807) is 58.3 Å². The molecule has 0 N–H and O–H groups in total. The van der Waals surface area contributed by atoms with Gasteiger partial charge in [0.1, 0.15) is 46.3 Å². The first kappa shape index (κ1) is 31.5. The molecule has 0 fully saturated rings. The normalized spacial score (nSPS) is 12.2. The molecule has 0 saturated carbocycles. The molecule has 0 atom stereocenters. The van der Waals surface area contributed by atoms with E-state index in [-0.39, 0.29) is 6.71 Å². The molecule has 2 heterocycles. The van der Waals surface area contributed by atoms with Crippen molar-refractivity contribution in [2.24, 2.45) is 0 Å². The number of fused-ring (bicyclic) bond motifs is 4. The molecule has 0 aliphatic carbocycles. The van der Waals surface area contributed by atoms with Gasteiger partial charge in [0, 0.05) is 51.7 Å². The first-order valence-corrected chi connectivity index (χ1v) is 16.7. The minimum atomic E-state index is -0.420. The molecule has 0 aromatic heterocycles. The summed E-state index contributed by atoms with van der Waals surface area (Å²) in [5.74, 6) is 0.776. The molecule has 0 spiro atoms. The predicted octanol–water partition coefficient (Wildman–Crippen LogP) is 10.2. The Hall–Kier alpha value is -6.48. The Kier molecular flexibility index (Phi) is 7.50. The summed E-state index contributed by atoms with van der Waals surface area (Å²) in [5, 5.41) is 0. The number of hydrogen-bond donors (Lipinski definition) is 0. The number of rotatable bonds is 6. The quantitative estimate of drug-likeness (QED) is 0.128. The van der Waals surface area contributed by atoms with Crippen molar-refractivity contribution in [1.29, 1.82) is 0 Å². The third-order valence-corrected chi connectivity index (χ3v) is 9.38. The highest BCUT2D eigenvalue weighted by Gasteiger charge is 2.41. The Morgan fingerprint density at radius 2 is 0.750 bits per heavy atom. The van der Waals surface area contributed by atoms with Gasteiger partial charge in [-0.3, -0.25) is 0 Å². The van der Waals surface area contributed by atoms with E-state index in [0.717, 1.165) is 22.0 Å². The molecule has 52 heavy (non-hydrogen) atoms. The van der Waals surface area contributed by atoms with E-state index in [1.807, 2.05) is 55.5 Å². The van der Waals surface area contributed by atoms with E-state index in [0.29, 0.717) is 57.1 Å². The summed E-state index contributed by atoms with van der Waals surface area (Å²) in [7, 11) is 0. The van der Waals surface area contributed by atoms with Crippen LogP contribution in [0.15, 0.2) is 146 Å². The minimum absolute atomic E-state index is 0.283. The average molecular weight is 691 g/mol. The smallest absolute Gasteiger partial charge is 0.260 e. The highest BCUT2D eigenvalue weighted by Crippen LogP contribution is 2.42. The molecular formula is C43H27BF4N2O2. The van der Waals surface area contributed by atoms with Crippen LogP contribution in [0.4, 0.5) is 51.7 Å². The van der Waals surface area contributed by atoms with E-state index >= 15 is 0 Å². The molecule has 2 aliphatic rings. The largest absolute Gasteiger partial charge is 0.458 e. The Morgan fingerprint density at radius 3 is 1.10 bits per heavy atom. The first-order valence-electron chi connectivity index (χ1n) is 16.7. The molecule has 0 amide bonds. The van der Waals surface area contributed by atoms with Crippen LogP contribution in [0.2, 0.25) is 0 Å².